The molecule has 2 fully saturated rings. The van der Waals surface area contributed by atoms with Gasteiger partial charge in [-0.05, 0) is 42.0 Å². The van der Waals surface area contributed by atoms with Crippen molar-refractivity contribution in [1.29, 1.82) is 0 Å². The summed E-state index contributed by atoms with van der Waals surface area (Å²) in [5, 5.41) is 5.85. The molecule has 9 heteroatoms. The van der Waals surface area contributed by atoms with Crippen molar-refractivity contribution in [1.82, 2.24) is 20.0 Å². The van der Waals surface area contributed by atoms with Crippen molar-refractivity contribution in [3.63, 3.8) is 0 Å². The second-order valence-corrected chi connectivity index (χ2v) is 9.60. The molecule has 2 heterocycles. The fourth-order valence-corrected chi connectivity index (χ4v) is 5.47. The second-order valence-electron chi connectivity index (χ2n) is 9.60. The third-order valence-corrected chi connectivity index (χ3v) is 7.48. The van der Waals surface area contributed by atoms with Gasteiger partial charge in [-0.2, -0.15) is 0 Å². The summed E-state index contributed by atoms with van der Waals surface area (Å²) in [6, 6.07) is 14.9. The van der Waals surface area contributed by atoms with E-state index in [0.717, 1.165) is 33.7 Å². The van der Waals surface area contributed by atoms with E-state index in [1.807, 2.05) is 60.4 Å². The van der Waals surface area contributed by atoms with Crippen LogP contribution in [0.2, 0.25) is 0 Å². The number of imide groups is 1. The zero-order valence-corrected chi connectivity index (χ0v) is 20.5. The van der Waals surface area contributed by atoms with E-state index >= 15 is 0 Å². The molecule has 9 nitrogen and oxygen atoms in total. The van der Waals surface area contributed by atoms with E-state index in [-0.39, 0.29) is 30.8 Å². The number of urea groups is 1. The van der Waals surface area contributed by atoms with Gasteiger partial charge in [-0.25, -0.2) is 4.79 Å². The first-order valence-corrected chi connectivity index (χ1v) is 12.5. The van der Waals surface area contributed by atoms with Crippen LogP contribution in [0, 0.1) is 0 Å². The molecule has 2 aromatic carbocycles. The first-order chi connectivity index (χ1) is 17.4. The second kappa shape index (κ2) is 9.73. The van der Waals surface area contributed by atoms with E-state index in [1.165, 1.54) is 0 Å². The standard InChI is InChI=1S/C27H31N5O4/c1-2-19-7-4-6-10-22(19)28-23(33)17-30-13-15-31(16-14-30)24(34)18-32-25(35)27(29-26(32)36)12-11-20-8-3-5-9-21(20)27/h3-10H,2,11-18H2,1H3,(H,28,33)(H,29,36). The monoisotopic (exact) mass is 489 g/mol. The number of piperazine rings is 1. The summed E-state index contributed by atoms with van der Waals surface area (Å²) in [4.78, 5) is 56.3. The third-order valence-electron chi connectivity index (χ3n) is 7.48. The summed E-state index contributed by atoms with van der Waals surface area (Å²) in [6.07, 6.45) is 2.05. The quantitative estimate of drug-likeness (QED) is 0.602. The fraction of sp³-hybridized carbons (Fsp3) is 0.407. The summed E-state index contributed by atoms with van der Waals surface area (Å²) in [5.41, 5.74) is 2.74. The number of benzene rings is 2. The van der Waals surface area contributed by atoms with E-state index in [2.05, 4.69) is 10.6 Å². The van der Waals surface area contributed by atoms with Gasteiger partial charge in [0.05, 0.1) is 6.54 Å². The van der Waals surface area contributed by atoms with Crippen LogP contribution < -0.4 is 10.6 Å². The van der Waals surface area contributed by atoms with Crippen molar-refractivity contribution in [2.45, 2.75) is 31.7 Å². The zero-order valence-electron chi connectivity index (χ0n) is 20.5. The highest BCUT2D eigenvalue weighted by atomic mass is 16.2. The summed E-state index contributed by atoms with van der Waals surface area (Å²) in [5.74, 6) is -0.701. The molecule has 2 aliphatic heterocycles. The Hall–Kier alpha value is -3.72. The Bertz CT molecular complexity index is 1210. The van der Waals surface area contributed by atoms with Crippen molar-refractivity contribution >= 4 is 29.4 Å². The van der Waals surface area contributed by atoms with Crippen molar-refractivity contribution in [2.24, 2.45) is 0 Å². The molecule has 2 aromatic rings. The predicted octanol–water partition coefficient (Wildman–Crippen LogP) is 1.73. The molecule has 0 aromatic heterocycles. The van der Waals surface area contributed by atoms with E-state index < -0.39 is 11.6 Å². The summed E-state index contributed by atoms with van der Waals surface area (Å²) in [7, 11) is 0. The molecule has 5 rings (SSSR count). The van der Waals surface area contributed by atoms with E-state index in [9.17, 15) is 19.2 Å². The number of hydrogen-bond donors (Lipinski definition) is 2. The maximum Gasteiger partial charge on any atom is 0.325 e. The first-order valence-electron chi connectivity index (χ1n) is 12.5. The predicted molar refractivity (Wildman–Crippen MR) is 134 cm³/mol. The lowest BCUT2D eigenvalue weighted by atomic mass is 9.92. The minimum atomic E-state index is -1.06. The van der Waals surface area contributed by atoms with Gasteiger partial charge in [0.15, 0.2) is 0 Å². The van der Waals surface area contributed by atoms with Crippen molar-refractivity contribution in [3.05, 3.63) is 65.2 Å². The van der Waals surface area contributed by atoms with Crippen LogP contribution in [0.25, 0.3) is 0 Å². The minimum absolute atomic E-state index is 0.0860. The van der Waals surface area contributed by atoms with Crippen LogP contribution in [0.15, 0.2) is 48.5 Å². The molecule has 2 saturated heterocycles. The van der Waals surface area contributed by atoms with Crippen molar-refractivity contribution in [2.75, 3.05) is 44.6 Å². The maximum absolute atomic E-state index is 13.3. The molecular weight excluding hydrogens is 458 g/mol. The molecule has 1 aliphatic carbocycles. The number of nitrogens with one attached hydrogen (secondary N) is 2. The number of amides is 5. The van der Waals surface area contributed by atoms with Gasteiger partial charge in [-0.15, -0.1) is 0 Å². The van der Waals surface area contributed by atoms with Crippen molar-refractivity contribution in [3.8, 4) is 0 Å². The Morgan fingerprint density at radius 1 is 0.972 bits per heavy atom. The molecule has 0 radical (unpaired) electrons. The highest BCUT2D eigenvalue weighted by molar-refractivity contribution is 6.10. The van der Waals surface area contributed by atoms with Crippen LogP contribution in [-0.4, -0.2) is 77.7 Å². The largest absolute Gasteiger partial charge is 0.339 e. The van der Waals surface area contributed by atoms with Gasteiger partial charge >= 0.3 is 6.03 Å². The molecule has 3 aliphatic rings. The lowest BCUT2D eigenvalue weighted by Crippen LogP contribution is -2.53. The topological polar surface area (TPSA) is 102 Å². The number of hydrogen-bond acceptors (Lipinski definition) is 5. The third kappa shape index (κ3) is 4.35. The Morgan fingerprint density at radius 2 is 1.69 bits per heavy atom. The lowest BCUT2D eigenvalue weighted by molar-refractivity contribution is -0.140. The molecule has 2 N–H and O–H groups in total. The number of rotatable bonds is 6. The van der Waals surface area contributed by atoms with Crippen LogP contribution in [-0.2, 0) is 32.8 Å². The van der Waals surface area contributed by atoms with Gasteiger partial charge < -0.3 is 15.5 Å². The number of para-hydroxylation sites is 1. The highest BCUT2D eigenvalue weighted by Gasteiger charge is 2.55. The molecule has 0 bridgehead atoms. The normalized spacial score (nSPS) is 21.6. The number of carbonyl (C=O) groups is 4. The summed E-state index contributed by atoms with van der Waals surface area (Å²) < 4.78 is 0. The van der Waals surface area contributed by atoms with Gasteiger partial charge in [-0.3, -0.25) is 24.2 Å². The Labute approximate surface area is 210 Å². The van der Waals surface area contributed by atoms with Crippen LogP contribution in [0.3, 0.4) is 0 Å². The Balaban J connectivity index is 1.14. The van der Waals surface area contributed by atoms with Crippen LogP contribution in [0.5, 0.6) is 0 Å². The lowest BCUT2D eigenvalue weighted by Gasteiger charge is -2.35. The van der Waals surface area contributed by atoms with Crippen LogP contribution >= 0.6 is 0 Å². The van der Waals surface area contributed by atoms with Gasteiger partial charge in [0, 0.05) is 31.9 Å². The summed E-state index contributed by atoms with van der Waals surface area (Å²) >= 11 is 0. The average molecular weight is 490 g/mol. The smallest absolute Gasteiger partial charge is 0.325 e. The van der Waals surface area contributed by atoms with Crippen molar-refractivity contribution < 1.29 is 19.2 Å². The van der Waals surface area contributed by atoms with E-state index in [4.69, 9.17) is 0 Å². The number of carbonyl (C=O) groups excluding carboxylic acids is 4. The summed E-state index contributed by atoms with van der Waals surface area (Å²) in [6.45, 7) is 3.99. The first kappa shape index (κ1) is 24.0. The average Bonchev–Trinajstić information content (AvgIpc) is 3.37. The van der Waals surface area contributed by atoms with E-state index in [1.54, 1.807) is 4.90 Å². The molecule has 36 heavy (non-hydrogen) atoms. The fourth-order valence-electron chi connectivity index (χ4n) is 5.47. The van der Waals surface area contributed by atoms with Gasteiger partial charge in [-0.1, -0.05) is 49.4 Å². The minimum Gasteiger partial charge on any atom is -0.339 e. The molecule has 0 saturated carbocycles. The number of aryl methyl sites for hydroxylation is 2. The Kier molecular flexibility index (Phi) is 6.49. The van der Waals surface area contributed by atoms with Gasteiger partial charge in [0.25, 0.3) is 5.91 Å². The number of nitrogens with zero attached hydrogens (tertiary/aromatic N) is 3. The molecule has 1 spiro atoms. The van der Waals surface area contributed by atoms with Gasteiger partial charge in [0.1, 0.15) is 12.1 Å². The van der Waals surface area contributed by atoms with E-state index in [0.29, 0.717) is 39.0 Å². The maximum atomic E-state index is 13.3. The Morgan fingerprint density at radius 3 is 2.47 bits per heavy atom. The molecule has 188 valence electrons. The molecule has 5 amide bonds. The number of fused-ring (bicyclic) bond motifs is 2. The number of anilines is 1. The highest BCUT2D eigenvalue weighted by Crippen LogP contribution is 2.41. The van der Waals surface area contributed by atoms with Crippen LogP contribution in [0.1, 0.15) is 30.0 Å². The van der Waals surface area contributed by atoms with Gasteiger partial charge in [0.2, 0.25) is 11.8 Å². The molecular formula is C27H31N5O4. The van der Waals surface area contributed by atoms with Crippen LogP contribution in [0.4, 0.5) is 10.5 Å². The zero-order chi connectivity index (χ0) is 25.3. The molecule has 1 atom stereocenters. The SMILES string of the molecule is CCc1ccccc1NC(=O)CN1CCN(C(=O)CN2C(=O)NC3(CCc4ccccc43)C2=O)CC1. The molecule has 1 unspecified atom stereocenters.